The minimum absolute atomic E-state index is 0.408. The molecule has 1 fully saturated rings. The Bertz CT molecular complexity index is 831. The van der Waals surface area contributed by atoms with Crippen molar-refractivity contribution in [2.75, 3.05) is 23.3 Å². The van der Waals surface area contributed by atoms with Gasteiger partial charge in [-0.15, -0.1) is 0 Å². The minimum Gasteiger partial charge on any atom is -0.365 e. The van der Waals surface area contributed by atoms with Gasteiger partial charge in [0.25, 0.3) is 0 Å². The lowest BCUT2D eigenvalue weighted by molar-refractivity contribution is 0.800. The van der Waals surface area contributed by atoms with E-state index in [4.69, 9.17) is 4.98 Å². The van der Waals surface area contributed by atoms with Gasteiger partial charge in [-0.25, -0.2) is 9.97 Å². The lowest BCUT2D eigenvalue weighted by atomic mass is 10.1. The van der Waals surface area contributed by atoms with Crippen molar-refractivity contribution in [2.45, 2.75) is 25.8 Å². The molecule has 4 heteroatoms. The second kappa shape index (κ2) is 6.48. The number of aromatic nitrogens is 2. The molecule has 3 heterocycles. The standard InChI is InChI=1S/C20H22N4/c1-2-15-13-19(23-18-8-4-3-7-17(15)18)22-16-10-12-24(14-16)20-9-5-6-11-21-20/h3-9,11,13,16H,2,10,12,14H2,1H3,(H,22,23). The molecule has 1 aliphatic rings. The minimum atomic E-state index is 0.408. The zero-order chi connectivity index (χ0) is 16.4. The van der Waals surface area contributed by atoms with E-state index in [9.17, 15) is 0 Å². The summed E-state index contributed by atoms with van der Waals surface area (Å²) < 4.78 is 0. The highest BCUT2D eigenvalue weighted by molar-refractivity contribution is 5.84. The Hall–Kier alpha value is -2.62. The van der Waals surface area contributed by atoms with Gasteiger partial charge in [0.1, 0.15) is 11.6 Å². The number of hydrogen-bond donors (Lipinski definition) is 1. The second-order valence-corrected chi connectivity index (χ2v) is 6.30. The van der Waals surface area contributed by atoms with E-state index in [2.05, 4.69) is 58.5 Å². The van der Waals surface area contributed by atoms with E-state index >= 15 is 0 Å². The molecule has 0 amide bonds. The fourth-order valence-electron chi connectivity index (χ4n) is 3.45. The molecule has 1 saturated heterocycles. The molecular formula is C20H22N4. The second-order valence-electron chi connectivity index (χ2n) is 6.30. The van der Waals surface area contributed by atoms with Crippen LogP contribution < -0.4 is 10.2 Å². The fraction of sp³-hybridized carbons (Fsp3) is 0.300. The highest BCUT2D eigenvalue weighted by Gasteiger charge is 2.23. The number of nitrogens with one attached hydrogen (secondary N) is 1. The van der Waals surface area contributed by atoms with E-state index in [1.54, 1.807) is 0 Å². The Kier molecular flexibility index (Phi) is 4.03. The topological polar surface area (TPSA) is 41.0 Å². The number of aryl methyl sites for hydroxylation is 1. The summed E-state index contributed by atoms with van der Waals surface area (Å²) in [5.74, 6) is 2.04. The Labute approximate surface area is 142 Å². The molecule has 122 valence electrons. The molecule has 0 aliphatic carbocycles. The Morgan fingerprint density at radius 2 is 2.04 bits per heavy atom. The maximum Gasteiger partial charge on any atom is 0.128 e. The molecule has 0 bridgehead atoms. The van der Waals surface area contributed by atoms with Crippen molar-refractivity contribution < 1.29 is 0 Å². The van der Waals surface area contributed by atoms with Gasteiger partial charge in [-0.3, -0.25) is 0 Å². The number of nitrogens with zero attached hydrogens (tertiary/aromatic N) is 3. The first-order valence-corrected chi connectivity index (χ1v) is 8.64. The van der Waals surface area contributed by atoms with Crippen LogP contribution in [0, 0.1) is 0 Å². The van der Waals surface area contributed by atoms with Gasteiger partial charge in [-0.05, 0) is 42.7 Å². The number of hydrogen-bond acceptors (Lipinski definition) is 4. The molecule has 2 aromatic heterocycles. The summed E-state index contributed by atoms with van der Waals surface area (Å²) in [5.41, 5.74) is 2.42. The van der Waals surface area contributed by atoms with Crippen LogP contribution in [0.25, 0.3) is 10.9 Å². The third kappa shape index (κ3) is 2.92. The van der Waals surface area contributed by atoms with Crippen LogP contribution in [0.4, 0.5) is 11.6 Å². The number of pyridine rings is 2. The van der Waals surface area contributed by atoms with Gasteiger partial charge in [-0.1, -0.05) is 31.2 Å². The van der Waals surface area contributed by atoms with Gasteiger partial charge in [0, 0.05) is 30.7 Å². The first kappa shape index (κ1) is 14.9. The van der Waals surface area contributed by atoms with Crippen molar-refractivity contribution >= 4 is 22.5 Å². The maximum absolute atomic E-state index is 4.80. The largest absolute Gasteiger partial charge is 0.365 e. The van der Waals surface area contributed by atoms with Gasteiger partial charge in [0.2, 0.25) is 0 Å². The monoisotopic (exact) mass is 318 g/mol. The average Bonchev–Trinajstić information content (AvgIpc) is 3.10. The van der Waals surface area contributed by atoms with Crippen molar-refractivity contribution in [1.82, 2.24) is 9.97 Å². The molecule has 0 radical (unpaired) electrons. The van der Waals surface area contributed by atoms with Crippen molar-refractivity contribution in [2.24, 2.45) is 0 Å². The number of para-hydroxylation sites is 1. The molecule has 1 aliphatic heterocycles. The summed E-state index contributed by atoms with van der Waals surface area (Å²) in [7, 11) is 0. The molecule has 0 spiro atoms. The normalized spacial score (nSPS) is 17.4. The molecule has 24 heavy (non-hydrogen) atoms. The molecular weight excluding hydrogens is 296 g/mol. The van der Waals surface area contributed by atoms with Crippen molar-refractivity contribution in [3.63, 3.8) is 0 Å². The molecule has 3 aromatic rings. The van der Waals surface area contributed by atoms with Crippen molar-refractivity contribution in [3.8, 4) is 0 Å². The highest BCUT2D eigenvalue weighted by atomic mass is 15.2. The lowest BCUT2D eigenvalue weighted by Gasteiger charge is -2.18. The van der Waals surface area contributed by atoms with Crippen LogP contribution in [0.15, 0.2) is 54.7 Å². The van der Waals surface area contributed by atoms with E-state index in [1.807, 2.05) is 18.3 Å². The van der Waals surface area contributed by atoms with Crippen LogP contribution in [-0.2, 0) is 6.42 Å². The van der Waals surface area contributed by atoms with Crippen LogP contribution in [0.2, 0.25) is 0 Å². The number of rotatable bonds is 4. The number of benzene rings is 1. The van der Waals surface area contributed by atoms with Crippen LogP contribution in [-0.4, -0.2) is 29.1 Å². The van der Waals surface area contributed by atoms with Crippen LogP contribution >= 0.6 is 0 Å². The zero-order valence-electron chi connectivity index (χ0n) is 13.9. The van der Waals surface area contributed by atoms with Gasteiger partial charge >= 0.3 is 0 Å². The predicted octanol–water partition coefficient (Wildman–Crippen LogP) is 3.88. The summed E-state index contributed by atoms with van der Waals surface area (Å²) in [5, 5.41) is 4.88. The van der Waals surface area contributed by atoms with Gasteiger partial charge < -0.3 is 10.2 Å². The van der Waals surface area contributed by atoms with E-state index < -0.39 is 0 Å². The average molecular weight is 318 g/mol. The van der Waals surface area contributed by atoms with E-state index in [0.717, 1.165) is 43.1 Å². The van der Waals surface area contributed by atoms with Crippen molar-refractivity contribution in [3.05, 3.63) is 60.3 Å². The fourth-order valence-corrected chi connectivity index (χ4v) is 3.45. The van der Waals surface area contributed by atoms with Crippen LogP contribution in [0.3, 0.4) is 0 Å². The Morgan fingerprint density at radius 3 is 2.88 bits per heavy atom. The van der Waals surface area contributed by atoms with Gasteiger partial charge in [0.05, 0.1) is 5.52 Å². The summed E-state index contributed by atoms with van der Waals surface area (Å²) in [6, 6.07) is 17.1. The van der Waals surface area contributed by atoms with Crippen molar-refractivity contribution in [1.29, 1.82) is 0 Å². The molecule has 4 nitrogen and oxygen atoms in total. The molecule has 1 unspecified atom stereocenters. The first-order valence-electron chi connectivity index (χ1n) is 8.64. The number of fused-ring (bicyclic) bond motifs is 1. The number of anilines is 2. The lowest BCUT2D eigenvalue weighted by Crippen LogP contribution is -2.26. The maximum atomic E-state index is 4.80. The molecule has 1 aromatic carbocycles. The summed E-state index contributed by atoms with van der Waals surface area (Å²) in [6.07, 6.45) is 3.98. The Balaban J connectivity index is 1.53. The summed E-state index contributed by atoms with van der Waals surface area (Å²) in [4.78, 5) is 11.6. The van der Waals surface area contributed by atoms with Gasteiger partial charge in [0.15, 0.2) is 0 Å². The predicted molar refractivity (Wildman–Crippen MR) is 99.6 cm³/mol. The first-order chi connectivity index (χ1) is 11.8. The summed E-state index contributed by atoms with van der Waals surface area (Å²) in [6.45, 7) is 4.19. The molecule has 4 rings (SSSR count). The van der Waals surface area contributed by atoms with Crippen LogP contribution in [0.5, 0.6) is 0 Å². The molecule has 1 atom stereocenters. The Morgan fingerprint density at radius 1 is 1.17 bits per heavy atom. The third-order valence-corrected chi connectivity index (χ3v) is 4.70. The van der Waals surface area contributed by atoms with E-state index in [0.29, 0.717) is 6.04 Å². The van der Waals surface area contributed by atoms with Crippen LogP contribution in [0.1, 0.15) is 18.9 Å². The van der Waals surface area contributed by atoms with E-state index in [1.165, 1.54) is 10.9 Å². The smallest absolute Gasteiger partial charge is 0.128 e. The zero-order valence-corrected chi connectivity index (χ0v) is 13.9. The molecule has 1 N–H and O–H groups in total. The summed E-state index contributed by atoms with van der Waals surface area (Å²) >= 11 is 0. The van der Waals surface area contributed by atoms with Gasteiger partial charge in [-0.2, -0.15) is 0 Å². The highest BCUT2D eigenvalue weighted by Crippen LogP contribution is 2.24. The molecule has 0 saturated carbocycles. The third-order valence-electron chi connectivity index (χ3n) is 4.70. The van der Waals surface area contributed by atoms with E-state index in [-0.39, 0.29) is 0 Å². The quantitative estimate of drug-likeness (QED) is 0.792. The SMILES string of the molecule is CCc1cc(NC2CCN(c3ccccn3)C2)nc2ccccc12.